The van der Waals surface area contributed by atoms with Gasteiger partial charge >= 0.3 is 24.7 Å². The molecule has 0 spiro atoms. The molecule has 5 aliphatic carbocycles. The predicted molar refractivity (Wildman–Crippen MR) is 85.4 cm³/mol. The number of alkyl halides is 12. The molecule has 33 heavy (non-hydrogen) atoms. The van der Waals surface area contributed by atoms with E-state index in [0.29, 0.717) is 12.8 Å². The van der Waals surface area contributed by atoms with Gasteiger partial charge < -0.3 is 9.84 Å². The highest BCUT2D eigenvalue weighted by molar-refractivity contribution is 5.19. The van der Waals surface area contributed by atoms with Crippen LogP contribution in [-0.4, -0.2) is 47.1 Å². The molecule has 5 atom stereocenters. The van der Waals surface area contributed by atoms with Crippen LogP contribution in [0, 0.1) is 35.5 Å². The zero-order valence-electron chi connectivity index (χ0n) is 16.7. The second-order valence-electron chi connectivity index (χ2n) is 9.77. The third-order valence-electron chi connectivity index (χ3n) is 8.26. The van der Waals surface area contributed by atoms with Crippen LogP contribution in [-0.2, 0) is 4.74 Å². The van der Waals surface area contributed by atoms with E-state index in [1.807, 2.05) is 0 Å². The standard InChI is InChI=1S/C19H20F12O2/c20-16(21,22)14(32,17(23,24)25)8-2-1-3-9(6-8)15(18(26,27)28,19(29,30)31)33-13-7-4-10-11(5-7)12(10)13/h7-13,32H,1-6H2. The molecule has 0 saturated heterocycles. The monoisotopic (exact) mass is 508 g/mol. The van der Waals surface area contributed by atoms with Crippen LogP contribution in [0.2, 0.25) is 0 Å². The maximum absolute atomic E-state index is 14.1. The van der Waals surface area contributed by atoms with E-state index in [4.69, 9.17) is 4.74 Å². The zero-order chi connectivity index (χ0) is 25.0. The van der Waals surface area contributed by atoms with E-state index in [9.17, 15) is 57.8 Å². The molecule has 0 aromatic carbocycles. The average molecular weight is 508 g/mol. The summed E-state index contributed by atoms with van der Waals surface area (Å²) in [6.45, 7) is 0. The maximum atomic E-state index is 14.1. The number of hydrogen-bond donors (Lipinski definition) is 1. The third kappa shape index (κ3) is 3.39. The summed E-state index contributed by atoms with van der Waals surface area (Å²) in [7, 11) is 0. The molecule has 5 fully saturated rings. The minimum absolute atomic E-state index is 0.0566. The van der Waals surface area contributed by atoms with E-state index in [1.54, 1.807) is 0 Å². The van der Waals surface area contributed by atoms with Crippen molar-refractivity contribution in [1.82, 2.24) is 0 Å². The number of aliphatic hydroxyl groups is 1. The summed E-state index contributed by atoms with van der Waals surface area (Å²) in [6, 6.07) is 0. The van der Waals surface area contributed by atoms with E-state index in [0.717, 1.165) is 0 Å². The highest BCUT2D eigenvalue weighted by Gasteiger charge is 2.81. The molecule has 5 saturated carbocycles. The van der Waals surface area contributed by atoms with Crippen LogP contribution < -0.4 is 0 Å². The van der Waals surface area contributed by atoms with Gasteiger partial charge in [-0.15, -0.1) is 0 Å². The first-order chi connectivity index (χ1) is 14.8. The first-order valence-electron chi connectivity index (χ1n) is 10.4. The van der Waals surface area contributed by atoms with Crippen molar-refractivity contribution in [3.63, 3.8) is 0 Å². The molecule has 5 unspecified atom stereocenters. The summed E-state index contributed by atoms with van der Waals surface area (Å²) in [4.78, 5) is 0. The summed E-state index contributed by atoms with van der Waals surface area (Å²) < 4.78 is 169. The molecule has 5 aliphatic rings. The van der Waals surface area contributed by atoms with Gasteiger partial charge in [-0.05, 0) is 55.8 Å². The fraction of sp³-hybridized carbons (Fsp3) is 1.00. The Kier molecular flexibility index (Phi) is 5.39. The number of hydrogen-bond acceptors (Lipinski definition) is 2. The quantitative estimate of drug-likeness (QED) is 0.460. The van der Waals surface area contributed by atoms with Crippen molar-refractivity contribution in [2.45, 2.75) is 80.5 Å². The molecular formula is C19H20F12O2. The molecule has 1 N–H and O–H groups in total. The van der Waals surface area contributed by atoms with E-state index in [2.05, 4.69) is 0 Å². The van der Waals surface area contributed by atoms with Gasteiger partial charge in [-0.3, -0.25) is 0 Å². The molecule has 2 nitrogen and oxygen atoms in total. The van der Waals surface area contributed by atoms with Gasteiger partial charge in [0.25, 0.3) is 11.2 Å². The molecular weight excluding hydrogens is 488 g/mol. The molecule has 0 aromatic rings. The highest BCUT2D eigenvalue weighted by atomic mass is 19.4. The van der Waals surface area contributed by atoms with Gasteiger partial charge in [0.2, 0.25) is 0 Å². The van der Waals surface area contributed by atoms with Crippen LogP contribution in [0.1, 0.15) is 38.5 Å². The first-order valence-corrected chi connectivity index (χ1v) is 10.4. The van der Waals surface area contributed by atoms with Crippen LogP contribution in [0.15, 0.2) is 0 Å². The summed E-state index contributed by atoms with van der Waals surface area (Å²) in [6.07, 6.45) is -30.2. The summed E-state index contributed by atoms with van der Waals surface area (Å²) in [5, 5.41) is 9.63. The van der Waals surface area contributed by atoms with Crippen molar-refractivity contribution in [3.8, 4) is 0 Å². The number of halogens is 12. The van der Waals surface area contributed by atoms with Gasteiger partial charge in [0, 0.05) is 11.8 Å². The molecule has 0 aliphatic heterocycles. The molecule has 4 bridgehead atoms. The van der Waals surface area contributed by atoms with Crippen molar-refractivity contribution >= 4 is 0 Å². The Morgan fingerprint density at radius 3 is 1.42 bits per heavy atom. The fourth-order valence-corrected chi connectivity index (χ4v) is 6.81. The molecule has 14 heteroatoms. The van der Waals surface area contributed by atoms with Gasteiger partial charge in [-0.2, -0.15) is 52.7 Å². The summed E-state index contributed by atoms with van der Waals surface area (Å²) in [5.41, 5.74) is -10.4. The number of rotatable bonds is 4. The van der Waals surface area contributed by atoms with Gasteiger partial charge in [0.05, 0.1) is 6.10 Å². The Morgan fingerprint density at radius 2 is 1.06 bits per heavy atom. The fourth-order valence-electron chi connectivity index (χ4n) is 6.81. The summed E-state index contributed by atoms with van der Waals surface area (Å²) in [5.74, 6) is -6.91. The van der Waals surface area contributed by atoms with Gasteiger partial charge in [0.15, 0.2) is 0 Å². The van der Waals surface area contributed by atoms with E-state index >= 15 is 0 Å². The van der Waals surface area contributed by atoms with Crippen molar-refractivity contribution in [1.29, 1.82) is 0 Å². The lowest BCUT2D eigenvalue weighted by Crippen LogP contribution is -2.68. The lowest BCUT2D eigenvalue weighted by Gasteiger charge is -2.49. The van der Waals surface area contributed by atoms with Crippen LogP contribution in [0.25, 0.3) is 0 Å². The van der Waals surface area contributed by atoms with Crippen LogP contribution in [0.4, 0.5) is 52.7 Å². The second-order valence-corrected chi connectivity index (χ2v) is 9.77. The maximum Gasteiger partial charge on any atom is 0.426 e. The molecule has 0 aromatic heterocycles. The Balaban J connectivity index is 1.73. The lowest BCUT2D eigenvalue weighted by atomic mass is 9.66. The zero-order valence-corrected chi connectivity index (χ0v) is 16.7. The number of ether oxygens (including phenoxy) is 1. The Bertz CT molecular complexity index is 725. The molecule has 0 radical (unpaired) electrons. The largest absolute Gasteiger partial charge is 0.426 e. The first kappa shape index (κ1) is 25.2. The highest BCUT2D eigenvalue weighted by Crippen LogP contribution is 2.73. The molecule has 0 heterocycles. The van der Waals surface area contributed by atoms with Gasteiger partial charge in [-0.1, -0.05) is 6.42 Å². The lowest BCUT2D eigenvalue weighted by molar-refractivity contribution is -0.418. The van der Waals surface area contributed by atoms with Gasteiger partial charge in [0.1, 0.15) is 0 Å². The SMILES string of the molecule is OC(C1CCCC(C(OC2C3CC4C(C3)C42)(C(F)(F)F)C(F)(F)F)C1)(C(F)(F)F)C(F)(F)F. The molecule has 0 amide bonds. The van der Waals surface area contributed by atoms with E-state index in [1.165, 1.54) is 0 Å². The van der Waals surface area contributed by atoms with Crippen molar-refractivity contribution in [2.75, 3.05) is 0 Å². The minimum Gasteiger partial charge on any atom is -0.373 e. The third-order valence-corrected chi connectivity index (χ3v) is 8.26. The van der Waals surface area contributed by atoms with Crippen LogP contribution in [0.3, 0.4) is 0 Å². The second kappa shape index (κ2) is 7.07. The van der Waals surface area contributed by atoms with E-state index in [-0.39, 0.29) is 11.8 Å². The van der Waals surface area contributed by atoms with E-state index < -0.39 is 91.4 Å². The summed E-state index contributed by atoms with van der Waals surface area (Å²) >= 11 is 0. The normalized spacial score (nSPS) is 37.5. The van der Waals surface area contributed by atoms with Crippen molar-refractivity contribution < 1.29 is 62.5 Å². The van der Waals surface area contributed by atoms with Crippen LogP contribution in [0.5, 0.6) is 0 Å². The average Bonchev–Trinajstić information content (AvgIpc) is 2.97. The van der Waals surface area contributed by atoms with Crippen molar-refractivity contribution in [3.05, 3.63) is 0 Å². The van der Waals surface area contributed by atoms with Crippen molar-refractivity contribution in [2.24, 2.45) is 35.5 Å². The Morgan fingerprint density at radius 1 is 0.606 bits per heavy atom. The topological polar surface area (TPSA) is 29.5 Å². The smallest absolute Gasteiger partial charge is 0.373 e. The predicted octanol–water partition coefficient (Wildman–Crippen LogP) is 6.18. The molecule has 5 rings (SSSR count). The van der Waals surface area contributed by atoms with Crippen LogP contribution >= 0.6 is 0 Å². The Labute approximate surface area is 179 Å². The van der Waals surface area contributed by atoms with Gasteiger partial charge in [-0.25, -0.2) is 0 Å². The Hall–Kier alpha value is -0.920. The molecule has 192 valence electrons. The minimum atomic E-state index is -6.36.